The summed E-state index contributed by atoms with van der Waals surface area (Å²) in [6.45, 7) is 0.913. The van der Waals surface area contributed by atoms with Crippen LogP contribution >= 0.6 is 0 Å². The van der Waals surface area contributed by atoms with E-state index in [-0.39, 0.29) is 12.2 Å². The highest BCUT2D eigenvalue weighted by molar-refractivity contribution is 5.90. The van der Waals surface area contributed by atoms with Gasteiger partial charge in [0, 0.05) is 13.0 Å². The normalized spacial score (nSPS) is 10.7. The molecule has 0 atom stereocenters. The number of amides is 1. The SMILES string of the molecule is O=C(CCNCCc1ccc(F)cc1)Nc1ccc(F)c(F)c1F. The minimum absolute atomic E-state index is 0.0435. The number of carbonyl (C=O) groups excluding carboxylic acids is 1. The Labute approximate surface area is 136 Å². The predicted octanol–water partition coefficient (Wildman–Crippen LogP) is 3.40. The van der Waals surface area contributed by atoms with E-state index in [1.54, 1.807) is 12.1 Å². The number of hydrogen-bond donors (Lipinski definition) is 2. The zero-order chi connectivity index (χ0) is 17.5. The summed E-state index contributed by atoms with van der Waals surface area (Å²) in [6, 6.07) is 7.81. The third-order valence-corrected chi connectivity index (χ3v) is 3.34. The van der Waals surface area contributed by atoms with E-state index in [9.17, 15) is 22.4 Å². The Hall–Kier alpha value is -2.41. The van der Waals surface area contributed by atoms with Gasteiger partial charge in [0.05, 0.1) is 5.69 Å². The first-order valence-electron chi connectivity index (χ1n) is 7.36. The lowest BCUT2D eigenvalue weighted by Crippen LogP contribution is -2.24. The van der Waals surface area contributed by atoms with Crippen molar-refractivity contribution in [2.75, 3.05) is 18.4 Å². The first-order chi connectivity index (χ1) is 11.5. The van der Waals surface area contributed by atoms with Crippen molar-refractivity contribution in [2.45, 2.75) is 12.8 Å². The van der Waals surface area contributed by atoms with Gasteiger partial charge in [-0.2, -0.15) is 0 Å². The van der Waals surface area contributed by atoms with E-state index >= 15 is 0 Å². The Kier molecular flexibility index (Phi) is 6.31. The molecule has 128 valence electrons. The van der Waals surface area contributed by atoms with Crippen molar-refractivity contribution < 1.29 is 22.4 Å². The molecule has 0 unspecified atom stereocenters. The molecule has 0 aliphatic heterocycles. The number of nitrogens with one attached hydrogen (secondary N) is 2. The predicted molar refractivity (Wildman–Crippen MR) is 82.5 cm³/mol. The van der Waals surface area contributed by atoms with E-state index in [1.807, 2.05) is 0 Å². The molecule has 0 aliphatic rings. The maximum absolute atomic E-state index is 13.4. The second-order valence-corrected chi connectivity index (χ2v) is 5.15. The van der Waals surface area contributed by atoms with Crippen molar-refractivity contribution in [1.29, 1.82) is 0 Å². The Morgan fingerprint density at radius 3 is 2.29 bits per heavy atom. The first-order valence-corrected chi connectivity index (χ1v) is 7.36. The van der Waals surface area contributed by atoms with Crippen LogP contribution in [0.3, 0.4) is 0 Å². The van der Waals surface area contributed by atoms with Crippen LogP contribution in [0.2, 0.25) is 0 Å². The van der Waals surface area contributed by atoms with Crippen LogP contribution in [0.15, 0.2) is 36.4 Å². The lowest BCUT2D eigenvalue weighted by atomic mass is 10.1. The molecule has 2 aromatic carbocycles. The van der Waals surface area contributed by atoms with Crippen molar-refractivity contribution in [3.8, 4) is 0 Å². The molecule has 0 spiro atoms. The van der Waals surface area contributed by atoms with Gasteiger partial charge in [0.25, 0.3) is 0 Å². The molecule has 2 aromatic rings. The van der Waals surface area contributed by atoms with E-state index in [1.165, 1.54) is 12.1 Å². The molecule has 0 saturated heterocycles. The van der Waals surface area contributed by atoms with Crippen molar-refractivity contribution >= 4 is 11.6 Å². The number of benzene rings is 2. The number of rotatable bonds is 7. The van der Waals surface area contributed by atoms with Crippen LogP contribution in [0.25, 0.3) is 0 Å². The molecule has 0 radical (unpaired) electrons. The van der Waals surface area contributed by atoms with Crippen molar-refractivity contribution in [2.24, 2.45) is 0 Å². The zero-order valence-corrected chi connectivity index (χ0v) is 12.7. The highest BCUT2D eigenvalue weighted by Crippen LogP contribution is 2.19. The van der Waals surface area contributed by atoms with Crippen molar-refractivity contribution in [3.63, 3.8) is 0 Å². The molecule has 0 bridgehead atoms. The molecule has 24 heavy (non-hydrogen) atoms. The highest BCUT2D eigenvalue weighted by atomic mass is 19.2. The Bertz CT molecular complexity index is 704. The largest absolute Gasteiger partial charge is 0.323 e. The molecule has 0 aliphatic carbocycles. The quantitative estimate of drug-likeness (QED) is 0.461. The Morgan fingerprint density at radius 1 is 0.875 bits per heavy atom. The minimum atomic E-state index is -1.62. The molecule has 0 heterocycles. The average molecular weight is 340 g/mol. The van der Waals surface area contributed by atoms with Gasteiger partial charge < -0.3 is 10.6 Å². The summed E-state index contributed by atoms with van der Waals surface area (Å²) in [7, 11) is 0. The summed E-state index contributed by atoms with van der Waals surface area (Å²) in [5, 5.41) is 5.21. The van der Waals surface area contributed by atoms with Gasteiger partial charge in [-0.05, 0) is 42.8 Å². The molecule has 2 N–H and O–H groups in total. The molecule has 1 amide bonds. The van der Waals surface area contributed by atoms with Crippen LogP contribution in [0, 0.1) is 23.3 Å². The summed E-state index contributed by atoms with van der Waals surface area (Å²) in [4.78, 5) is 11.7. The summed E-state index contributed by atoms with van der Waals surface area (Å²) in [5.41, 5.74) is 0.558. The third kappa shape index (κ3) is 5.06. The summed E-state index contributed by atoms with van der Waals surface area (Å²) >= 11 is 0. The number of halogens is 4. The molecule has 3 nitrogen and oxygen atoms in total. The zero-order valence-electron chi connectivity index (χ0n) is 12.7. The van der Waals surface area contributed by atoms with Gasteiger partial charge in [0.15, 0.2) is 17.5 Å². The van der Waals surface area contributed by atoms with Gasteiger partial charge in [0.1, 0.15) is 5.82 Å². The van der Waals surface area contributed by atoms with Crippen LogP contribution in [-0.4, -0.2) is 19.0 Å². The lowest BCUT2D eigenvalue weighted by molar-refractivity contribution is -0.116. The maximum atomic E-state index is 13.4. The molecule has 2 rings (SSSR count). The smallest absolute Gasteiger partial charge is 0.225 e. The molecule has 0 fully saturated rings. The Morgan fingerprint density at radius 2 is 1.58 bits per heavy atom. The van der Waals surface area contributed by atoms with E-state index < -0.39 is 29.0 Å². The van der Waals surface area contributed by atoms with Crippen LogP contribution < -0.4 is 10.6 Å². The van der Waals surface area contributed by atoms with E-state index in [0.29, 0.717) is 19.5 Å². The summed E-state index contributed by atoms with van der Waals surface area (Å²) in [5.74, 6) is -5.17. The summed E-state index contributed by atoms with van der Waals surface area (Å²) < 4.78 is 52.0. The van der Waals surface area contributed by atoms with Crippen LogP contribution in [0.4, 0.5) is 23.2 Å². The average Bonchev–Trinajstić information content (AvgIpc) is 2.57. The fourth-order valence-corrected chi connectivity index (χ4v) is 2.05. The second kappa shape index (κ2) is 8.44. The highest BCUT2D eigenvalue weighted by Gasteiger charge is 2.14. The van der Waals surface area contributed by atoms with E-state index in [4.69, 9.17) is 0 Å². The molecule has 0 aromatic heterocycles. The van der Waals surface area contributed by atoms with Crippen LogP contribution in [0.1, 0.15) is 12.0 Å². The number of anilines is 1. The second-order valence-electron chi connectivity index (χ2n) is 5.15. The molecule has 0 saturated carbocycles. The van der Waals surface area contributed by atoms with Gasteiger partial charge in [-0.1, -0.05) is 12.1 Å². The third-order valence-electron chi connectivity index (χ3n) is 3.34. The Balaban J connectivity index is 1.70. The fourth-order valence-electron chi connectivity index (χ4n) is 2.05. The van der Waals surface area contributed by atoms with Crippen molar-refractivity contribution in [3.05, 3.63) is 65.2 Å². The van der Waals surface area contributed by atoms with Gasteiger partial charge in [-0.15, -0.1) is 0 Å². The number of carbonyl (C=O) groups is 1. The topological polar surface area (TPSA) is 41.1 Å². The summed E-state index contributed by atoms with van der Waals surface area (Å²) in [6.07, 6.45) is 0.710. The van der Waals surface area contributed by atoms with Crippen molar-refractivity contribution in [1.82, 2.24) is 5.32 Å². The van der Waals surface area contributed by atoms with Gasteiger partial charge in [-0.25, -0.2) is 17.6 Å². The van der Waals surface area contributed by atoms with Crippen LogP contribution in [-0.2, 0) is 11.2 Å². The first kappa shape index (κ1) is 17.9. The van der Waals surface area contributed by atoms with Gasteiger partial charge >= 0.3 is 0 Å². The molecular formula is C17H16F4N2O. The monoisotopic (exact) mass is 340 g/mol. The number of hydrogen-bond acceptors (Lipinski definition) is 2. The van der Waals surface area contributed by atoms with Crippen LogP contribution in [0.5, 0.6) is 0 Å². The maximum Gasteiger partial charge on any atom is 0.225 e. The molecule has 7 heteroatoms. The van der Waals surface area contributed by atoms with E-state index in [2.05, 4.69) is 10.6 Å². The molecular weight excluding hydrogens is 324 g/mol. The lowest BCUT2D eigenvalue weighted by Gasteiger charge is -2.08. The van der Waals surface area contributed by atoms with Gasteiger partial charge in [-0.3, -0.25) is 4.79 Å². The standard InChI is InChI=1S/C17H16F4N2O/c18-12-3-1-11(2-4-12)7-9-22-10-8-15(24)23-14-6-5-13(19)16(20)17(14)21/h1-6,22H,7-10H2,(H,23,24). The minimum Gasteiger partial charge on any atom is -0.323 e. The fraction of sp³-hybridized carbons (Fsp3) is 0.235. The van der Waals surface area contributed by atoms with E-state index in [0.717, 1.165) is 17.7 Å². The van der Waals surface area contributed by atoms with Gasteiger partial charge in [0.2, 0.25) is 5.91 Å².